The molecule has 0 saturated heterocycles. The number of aromatic nitrogens is 3. The van der Waals surface area contributed by atoms with Crippen LogP contribution < -0.4 is 5.32 Å². The molecule has 6 heteroatoms. The van der Waals surface area contributed by atoms with E-state index < -0.39 is 0 Å². The molecule has 1 atom stereocenters. The van der Waals surface area contributed by atoms with Crippen molar-refractivity contribution in [3.63, 3.8) is 0 Å². The van der Waals surface area contributed by atoms with Crippen LogP contribution in [0.4, 0.5) is 0 Å². The summed E-state index contributed by atoms with van der Waals surface area (Å²) in [6.07, 6.45) is 5.47. The summed E-state index contributed by atoms with van der Waals surface area (Å²) in [5, 5.41) is 13.4. The third-order valence-electron chi connectivity index (χ3n) is 1.30. The minimum absolute atomic E-state index is 0.00352. The van der Waals surface area contributed by atoms with Crippen molar-refractivity contribution in [1.82, 2.24) is 20.1 Å². The van der Waals surface area contributed by atoms with Gasteiger partial charge in [-0.05, 0) is 6.92 Å². The van der Waals surface area contributed by atoms with E-state index in [1.54, 1.807) is 11.0 Å². The number of nitrogens with zero attached hydrogens (tertiary/aromatic N) is 4. The van der Waals surface area contributed by atoms with E-state index in [0.29, 0.717) is 0 Å². The second kappa shape index (κ2) is 4.22. The number of aliphatic imine (C=N–C) groups is 1. The normalized spacial score (nSPS) is 13.1. The largest absolute Gasteiger partial charge is 0.355 e. The molecule has 0 amide bonds. The number of hydrogen-bond donors (Lipinski definition) is 2. The minimum Gasteiger partial charge on any atom is -0.355 e. The lowest BCUT2D eigenvalue weighted by atomic mass is 10.6. The van der Waals surface area contributed by atoms with Gasteiger partial charge in [0.05, 0.1) is 6.34 Å². The van der Waals surface area contributed by atoms with E-state index in [1.165, 1.54) is 12.7 Å². The fraction of sp³-hybridized carbons (Fsp3) is 0.333. The molecule has 0 radical (unpaired) electrons. The summed E-state index contributed by atoms with van der Waals surface area (Å²) in [4.78, 5) is 7.36. The van der Waals surface area contributed by atoms with Gasteiger partial charge in [0.25, 0.3) is 0 Å². The third-order valence-corrected chi connectivity index (χ3v) is 1.30. The lowest BCUT2D eigenvalue weighted by Crippen LogP contribution is -2.22. The van der Waals surface area contributed by atoms with Crippen LogP contribution in [0.5, 0.6) is 0 Å². The highest BCUT2D eigenvalue weighted by Gasteiger charge is 1.99. The Morgan fingerprint density at radius 3 is 3.17 bits per heavy atom. The number of rotatable bonds is 4. The van der Waals surface area contributed by atoms with Gasteiger partial charge in [-0.3, -0.25) is 5.41 Å². The molecule has 0 aliphatic heterocycles. The fourth-order valence-corrected chi connectivity index (χ4v) is 0.682. The van der Waals surface area contributed by atoms with Gasteiger partial charge in [0.15, 0.2) is 0 Å². The van der Waals surface area contributed by atoms with E-state index in [2.05, 4.69) is 20.4 Å². The Morgan fingerprint density at radius 1 is 1.75 bits per heavy atom. The van der Waals surface area contributed by atoms with Crippen molar-refractivity contribution in [2.75, 3.05) is 0 Å². The molecule has 12 heavy (non-hydrogen) atoms. The first kappa shape index (κ1) is 8.38. The molecule has 2 N–H and O–H groups in total. The Bertz CT molecular complexity index is 251. The SMILES string of the molecule is CC(N/C=N\C=N)n1cncn1. The van der Waals surface area contributed by atoms with Gasteiger partial charge >= 0.3 is 0 Å². The Morgan fingerprint density at radius 2 is 2.58 bits per heavy atom. The smallest absolute Gasteiger partial charge is 0.137 e. The molecule has 6 nitrogen and oxygen atoms in total. The molecule has 0 fully saturated rings. The topological polar surface area (TPSA) is 79.0 Å². The molecule has 0 saturated carbocycles. The molecule has 1 aromatic rings. The maximum atomic E-state index is 6.62. The van der Waals surface area contributed by atoms with Crippen LogP contribution in [-0.4, -0.2) is 27.4 Å². The molecular weight excluding hydrogens is 156 g/mol. The summed E-state index contributed by atoms with van der Waals surface area (Å²) < 4.78 is 1.65. The molecule has 0 aliphatic carbocycles. The van der Waals surface area contributed by atoms with E-state index in [1.807, 2.05) is 6.92 Å². The zero-order valence-electron chi connectivity index (χ0n) is 6.68. The fourth-order valence-electron chi connectivity index (χ4n) is 0.682. The molecule has 0 bridgehead atoms. The van der Waals surface area contributed by atoms with Crippen molar-refractivity contribution >= 4 is 12.7 Å². The molecule has 64 valence electrons. The van der Waals surface area contributed by atoms with Crippen LogP contribution in [0.15, 0.2) is 17.6 Å². The second-order valence-corrected chi connectivity index (χ2v) is 2.13. The van der Waals surface area contributed by atoms with Crippen LogP contribution in [0.25, 0.3) is 0 Å². The summed E-state index contributed by atoms with van der Waals surface area (Å²) in [5.41, 5.74) is 0. The van der Waals surface area contributed by atoms with Crippen LogP contribution in [-0.2, 0) is 0 Å². The lowest BCUT2D eigenvalue weighted by molar-refractivity contribution is 0.466. The van der Waals surface area contributed by atoms with E-state index in [-0.39, 0.29) is 6.17 Å². The van der Waals surface area contributed by atoms with Crippen molar-refractivity contribution in [3.05, 3.63) is 12.7 Å². The van der Waals surface area contributed by atoms with Gasteiger partial charge in [-0.25, -0.2) is 14.7 Å². The molecule has 0 spiro atoms. The third kappa shape index (κ3) is 2.15. The maximum absolute atomic E-state index is 6.62. The molecule has 1 rings (SSSR count). The van der Waals surface area contributed by atoms with Gasteiger partial charge in [0.2, 0.25) is 0 Å². The van der Waals surface area contributed by atoms with Gasteiger partial charge in [-0.15, -0.1) is 0 Å². The van der Waals surface area contributed by atoms with Gasteiger partial charge in [0, 0.05) is 0 Å². The average molecular weight is 166 g/mol. The highest BCUT2D eigenvalue weighted by atomic mass is 15.4. The standard InChI is InChI=1S/C6H10N6/c1-6(10-3-8-2-7)12-5-9-4-11-12/h2-6H,1H3,(H2,7,8,10). The van der Waals surface area contributed by atoms with Crippen LogP contribution >= 0.6 is 0 Å². The lowest BCUT2D eigenvalue weighted by Gasteiger charge is -2.09. The minimum atomic E-state index is -0.00352. The average Bonchev–Trinajstić information content (AvgIpc) is 2.56. The quantitative estimate of drug-likeness (QED) is 0.489. The van der Waals surface area contributed by atoms with E-state index in [9.17, 15) is 0 Å². The van der Waals surface area contributed by atoms with Crippen LogP contribution in [0.3, 0.4) is 0 Å². The van der Waals surface area contributed by atoms with Crippen LogP contribution in [0, 0.1) is 5.41 Å². The predicted octanol–water partition coefficient (Wildman–Crippen LogP) is 0.0216. The summed E-state index contributed by atoms with van der Waals surface area (Å²) in [7, 11) is 0. The summed E-state index contributed by atoms with van der Waals surface area (Å²) in [6, 6.07) is 0. The van der Waals surface area contributed by atoms with Crippen molar-refractivity contribution in [3.8, 4) is 0 Å². The van der Waals surface area contributed by atoms with Gasteiger partial charge in [0.1, 0.15) is 25.2 Å². The zero-order valence-corrected chi connectivity index (χ0v) is 6.68. The summed E-state index contributed by atoms with van der Waals surface area (Å²) >= 11 is 0. The first-order valence-corrected chi connectivity index (χ1v) is 3.45. The van der Waals surface area contributed by atoms with Crippen molar-refractivity contribution < 1.29 is 0 Å². The maximum Gasteiger partial charge on any atom is 0.137 e. The first-order valence-electron chi connectivity index (χ1n) is 3.45. The van der Waals surface area contributed by atoms with Crippen molar-refractivity contribution in [1.29, 1.82) is 5.41 Å². The number of hydrogen-bond acceptors (Lipinski definition) is 3. The Kier molecular flexibility index (Phi) is 2.95. The second-order valence-electron chi connectivity index (χ2n) is 2.13. The number of nitrogens with one attached hydrogen (secondary N) is 2. The predicted molar refractivity (Wildman–Crippen MR) is 45.1 cm³/mol. The van der Waals surface area contributed by atoms with Crippen molar-refractivity contribution in [2.24, 2.45) is 4.99 Å². The summed E-state index contributed by atoms with van der Waals surface area (Å²) in [5.74, 6) is 0. The Balaban J connectivity index is 2.44. The summed E-state index contributed by atoms with van der Waals surface area (Å²) in [6.45, 7) is 1.91. The first-order chi connectivity index (χ1) is 5.84. The molecule has 1 aromatic heterocycles. The Hall–Kier alpha value is -1.72. The molecule has 1 unspecified atom stereocenters. The monoisotopic (exact) mass is 166 g/mol. The molecule has 1 heterocycles. The van der Waals surface area contributed by atoms with Crippen LogP contribution in [0.2, 0.25) is 0 Å². The van der Waals surface area contributed by atoms with E-state index >= 15 is 0 Å². The van der Waals surface area contributed by atoms with Crippen LogP contribution in [0.1, 0.15) is 13.1 Å². The van der Waals surface area contributed by atoms with Gasteiger partial charge in [-0.2, -0.15) is 5.10 Å². The van der Waals surface area contributed by atoms with E-state index in [0.717, 1.165) is 6.34 Å². The molecule has 0 aliphatic rings. The molecule has 0 aromatic carbocycles. The highest BCUT2D eigenvalue weighted by Crippen LogP contribution is 1.93. The highest BCUT2D eigenvalue weighted by molar-refractivity contribution is 5.68. The zero-order chi connectivity index (χ0) is 8.81. The molecular formula is C6H10N6. The van der Waals surface area contributed by atoms with Crippen molar-refractivity contribution in [2.45, 2.75) is 13.1 Å². The van der Waals surface area contributed by atoms with Gasteiger partial charge < -0.3 is 5.32 Å². The Labute approximate surface area is 69.8 Å². The van der Waals surface area contributed by atoms with E-state index in [4.69, 9.17) is 5.41 Å². The van der Waals surface area contributed by atoms with Gasteiger partial charge in [-0.1, -0.05) is 0 Å².